The molecule has 0 saturated heterocycles. The molecule has 2 aromatic rings. The molecular formula is C44H46N4O14. The van der Waals surface area contributed by atoms with Crippen LogP contribution >= 0.6 is 0 Å². The lowest BCUT2D eigenvalue weighted by Gasteiger charge is -2.50. The number of Topliss-reactive ketones (excluding diaryl/α,β-unsaturated/α-hetero) is 4. The van der Waals surface area contributed by atoms with Crippen molar-refractivity contribution >= 4 is 34.9 Å². The van der Waals surface area contributed by atoms with Crippen molar-refractivity contribution in [3.63, 3.8) is 0 Å². The second-order valence-electron chi connectivity index (χ2n) is 17.6. The summed E-state index contributed by atoms with van der Waals surface area (Å²) in [4.78, 5) is 83.5. The highest BCUT2D eigenvalue weighted by Crippen LogP contribution is 2.54. The zero-order chi connectivity index (χ0) is 45.4. The lowest BCUT2D eigenvalue weighted by molar-refractivity contribution is -0.149. The number of phenolic OH excluding ortho intramolecular Hbond substituents is 2. The molecule has 6 aliphatic carbocycles. The first-order valence-corrected chi connectivity index (χ1v) is 20.0. The molecule has 0 spiro atoms. The molecular weight excluding hydrogens is 808 g/mol. The van der Waals surface area contributed by atoms with Gasteiger partial charge < -0.3 is 52.3 Å². The Balaban J connectivity index is 1.15. The summed E-state index contributed by atoms with van der Waals surface area (Å²) in [6, 6.07) is 3.51. The van der Waals surface area contributed by atoms with Crippen LogP contribution in [0.4, 0.5) is 0 Å². The average molecular weight is 855 g/mol. The normalized spacial score (nSPS) is 30.6. The van der Waals surface area contributed by atoms with Gasteiger partial charge in [-0.15, -0.1) is 0 Å². The molecule has 0 aliphatic heterocycles. The minimum absolute atomic E-state index is 0.0504. The number of allylic oxidation sites excluding steroid dienone is 2. The van der Waals surface area contributed by atoms with Crippen molar-refractivity contribution < 1.29 is 69.6 Å². The van der Waals surface area contributed by atoms with Crippen molar-refractivity contribution in [3.8, 4) is 11.5 Å². The number of ketones is 4. The van der Waals surface area contributed by atoms with E-state index in [1.165, 1.54) is 50.1 Å². The standard InChI is InChI=1S/C44H46N4O14/c1-47(2)31-21-13-17-11-19-15(7-9-23(49)27(19)33(51)25(17)37(55)43(21,61)39(57)29(35(31)53)41(45)59)5-6-16-8-10-24(50)28-20(16)12-18-14-22-32(48(3)4)36(54)30(42(46)60)40(58)44(22,62)38(56)26(18)34(28)52/h7-10,17-18,21-22,31-32,49-50,53-56,61-62H,5-6,11-14H2,1-4H3,(H2,45,59)(H2,46,60)/t17-,18-,21-,22-,31-,32-,43-,44-/m0/s1. The number of primary amides is 2. The predicted octanol–water partition coefficient (Wildman–Crippen LogP) is 0.340. The quantitative estimate of drug-likeness (QED) is 0.168. The molecule has 0 saturated carbocycles. The van der Waals surface area contributed by atoms with Gasteiger partial charge in [0.25, 0.3) is 11.8 Å². The molecule has 8 rings (SSSR count). The number of benzene rings is 2. The minimum Gasteiger partial charge on any atom is -0.510 e. The number of aliphatic hydroxyl groups excluding tert-OH is 4. The molecule has 0 aromatic heterocycles. The SMILES string of the molecule is CN(C)[C@@H]1C(O)=C(C(N)=O)C(=O)[C@@]2(O)C(O)=C3C(=O)c4c(O)ccc(CCc5ccc(O)c6c5C[C@H]5C[C@H]7[C@H](N(C)C)C(O)=C(C(N)=O)C(=O)[C@@]7(O)C(O)=C5C6=O)c4C[C@H]3C[C@@H]12. The molecule has 0 fully saturated rings. The number of aliphatic hydroxyl groups is 6. The molecule has 2 aromatic carbocycles. The van der Waals surface area contributed by atoms with Crippen LogP contribution < -0.4 is 11.5 Å². The maximum Gasteiger partial charge on any atom is 0.255 e. The zero-order valence-corrected chi connectivity index (χ0v) is 34.1. The van der Waals surface area contributed by atoms with Crippen molar-refractivity contribution in [3.05, 3.63) is 103 Å². The summed E-state index contributed by atoms with van der Waals surface area (Å²) in [6.45, 7) is 0. The third-order valence-electron chi connectivity index (χ3n) is 14.1. The number of carbonyl (C=O) groups is 6. The van der Waals surface area contributed by atoms with E-state index in [1.807, 2.05) is 0 Å². The number of hydrogen-bond donors (Lipinski definition) is 10. The molecule has 0 heterocycles. The fraction of sp³-hybridized carbons (Fsp3) is 0.409. The van der Waals surface area contributed by atoms with Crippen LogP contribution in [0.25, 0.3) is 0 Å². The Kier molecular flexibility index (Phi) is 9.63. The maximum absolute atomic E-state index is 14.3. The summed E-state index contributed by atoms with van der Waals surface area (Å²) in [6.07, 6.45) is 0.315. The number of aromatic hydroxyl groups is 2. The number of carbonyl (C=O) groups excluding carboxylic acids is 6. The highest BCUT2D eigenvalue weighted by Gasteiger charge is 2.65. The number of phenols is 2. The molecule has 326 valence electrons. The van der Waals surface area contributed by atoms with Crippen LogP contribution in [0, 0.1) is 23.7 Å². The Morgan fingerprint density at radius 1 is 0.613 bits per heavy atom. The summed E-state index contributed by atoms with van der Waals surface area (Å²) < 4.78 is 0. The Morgan fingerprint density at radius 2 is 0.952 bits per heavy atom. The number of aryl methyl sites for hydroxylation is 2. The highest BCUT2D eigenvalue weighted by atomic mass is 16.4. The van der Waals surface area contributed by atoms with E-state index in [0.29, 0.717) is 22.3 Å². The summed E-state index contributed by atoms with van der Waals surface area (Å²) in [5.74, 6) is -15.3. The molecule has 62 heavy (non-hydrogen) atoms. The average Bonchev–Trinajstić information content (AvgIpc) is 3.17. The number of nitrogens with two attached hydrogens (primary N) is 2. The van der Waals surface area contributed by atoms with E-state index in [4.69, 9.17) is 11.5 Å². The van der Waals surface area contributed by atoms with E-state index < -0.39 is 128 Å². The first kappa shape index (κ1) is 42.4. The summed E-state index contributed by atoms with van der Waals surface area (Å²) in [7, 11) is 6.14. The molecule has 12 N–H and O–H groups in total. The smallest absolute Gasteiger partial charge is 0.255 e. The Hall–Kier alpha value is -6.34. The molecule has 18 heteroatoms. The second-order valence-corrected chi connectivity index (χ2v) is 17.6. The van der Waals surface area contributed by atoms with Crippen molar-refractivity contribution in [1.29, 1.82) is 0 Å². The van der Waals surface area contributed by atoms with Crippen LogP contribution in [-0.2, 0) is 44.9 Å². The van der Waals surface area contributed by atoms with Gasteiger partial charge >= 0.3 is 0 Å². The zero-order valence-electron chi connectivity index (χ0n) is 34.1. The van der Waals surface area contributed by atoms with Gasteiger partial charge in [0.1, 0.15) is 45.7 Å². The van der Waals surface area contributed by atoms with E-state index >= 15 is 0 Å². The fourth-order valence-corrected chi connectivity index (χ4v) is 11.4. The maximum atomic E-state index is 14.3. The third-order valence-corrected chi connectivity index (χ3v) is 14.1. The lowest BCUT2D eigenvalue weighted by atomic mass is 9.58. The molecule has 2 amide bonds. The molecule has 8 atom stereocenters. The van der Waals surface area contributed by atoms with Crippen molar-refractivity contribution in [2.45, 2.75) is 61.8 Å². The number of hydrogen-bond acceptors (Lipinski definition) is 16. The number of likely N-dealkylation sites (N-methyl/N-ethyl adjacent to an activating group) is 2. The number of nitrogens with zero attached hydrogens (tertiary/aromatic N) is 2. The van der Waals surface area contributed by atoms with E-state index in [0.717, 1.165) is 0 Å². The van der Waals surface area contributed by atoms with Gasteiger partial charge in [0, 0.05) is 23.0 Å². The van der Waals surface area contributed by atoms with Crippen LogP contribution in [0.3, 0.4) is 0 Å². The Bertz CT molecular complexity index is 2440. The topological polar surface area (TPSA) is 323 Å². The lowest BCUT2D eigenvalue weighted by Crippen LogP contribution is -2.63. The van der Waals surface area contributed by atoms with E-state index in [9.17, 15) is 69.6 Å². The van der Waals surface area contributed by atoms with E-state index in [1.54, 1.807) is 12.1 Å². The number of amides is 2. The molecule has 0 unspecified atom stereocenters. The monoisotopic (exact) mass is 854 g/mol. The van der Waals surface area contributed by atoms with Gasteiger partial charge in [0.05, 0.1) is 23.2 Å². The highest BCUT2D eigenvalue weighted by molar-refractivity contribution is 6.26. The van der Waals surface area contributed by atoms with Crippen molar-refractivity contribution in [2.75, 3.05) is 28.2 Å². The van der Waals surface area contributed by atoms with Crippen molar-refractivity contribution in [2.24, 2.45) is 35.1 Å². The van der Waals surface area contributed by atoms with Gasteiger partial charge in [-0.1, -0.05) is 12.1 Å². The van der Waals surface area contributed by atoms with Crippen LogP contribution in [0.2, 0.25) is 0 Å². The number of rotatable bonds is 7. The molecule has 6 aliphatic rings. The molecule has 0 bridgehead atoms. The van der Waals surface area contributed by atoms with Gasteiger partial charge in [-0.25, -0.2) is 0 Å². The Morgan fingerprint density at radius 3 is 1.26 bits per heavy atom. The first-order valence-electron chi connectivity index (χ1n) is 20.0. The van der Waals surface area contributed by atoms with Gasteiger partial charge in [0.15, 0.2) is 22.8 Å². The van der Waals surface area contributed by atoms with Crippen LogP contribution in [0.1, 0.15) is 55.8 Å². The van der Waals surface area contributed by atoms with Crippen LogP contribution in [0.5, 0.6) is 11.5 Å². The van der Waals surface area contributed by atoms with Gasteiger partial charge in [0.2, 0.25) is 11.6 Å². The number of fused-ring (bicyclic) bond motifs is 6. The summed E-state index contributed by atoms with van der Waals surface area (Å²) in [5, 5.41) is 91.5. The van der Waals surface area contributed by atoms with E-state index in [2.05, 4.69) is 0 Å². The van der Waals surface area contributed by atoms with Crippen LogP contribution in [0.15, 0.2) is 69.6 Å². The predicted molar refractivity (Wildman–Crippen MR) is 215 cm³/mol. The van der Waals surface area contributed by atoms with E-state index in [-0.39, 0.29) is 60.8 Å². The molecule has 0 radical (unpaired) electrons. The van der Waals surface area contributed by atoms with Crippen LogP contribution in [-0.4, -0.2) is 137 Å². The fourth-order valence-electron chi connectivity index (χ4n) is 11.4. The van der Waals surface area contributed by atoms with Gasteiger partial charge in [-0.2, -0.15) is 0 Å². The van der Waals surface area contributed by atoms with Crippen molar-refractivity contribution in [1.82, 2.24) is 9.80 Å². The molecule has 18 nitrogen and oxygen atoms in total. The second kappa shape index (κ2) is 14.1. The van der Waals surface area contributed by atoms with Gasteiger partial charge in [-0.3, -0.25) is 38.6 Å². The minimum atomic E-state index is -2.79. The third kappa shape index (κ3) is 5.49. The summed E-state index contributed by atoms with van der Waals surface area (Å²) >= 11 is 0. The largest absolute Gasteiger partial charge is 0.510 e. The summed E-state index contributed by atoms with van der Waals surface area (Å²) in [5.41, 5.74) is 4.55. The van der Waals surface area contributed by atoms with Gasteiger partial charge in [-0.05, 0) is 113 Å². The first-order chi connectivity index (χ1) is 29.0. The Labute approximate surface area is 353 Å².